The van der Waals surface area contributed by atoms with Gasteiger partial charge < -0.3 is 10.6 Å². The fraction of sp³-hybridized carbons (Fsp3) is 0.467. The highest BCUT2D eigenvalue weighted by molar-refractivity contribution is 5.81. The number of anilines is 1. The minimum Gasteiger partial charge on any atom is -0.374 e. The fourth-order valence-electron chi connectivity index (χ4n) is 2.43. The number of nitriles is 1. The molecule has 4 nitrogen and oxygen atoms in total. The highest BCUT2D eigenvalue weighted by Crippen LogP contribution is 2.17. The van der Waals surface area contributed by atoms with Crippen LogP contribution in [-0.2, 0) is 4.79 Å². The molecule has 1 fully saturated rings. The van der Waals surface area contributed by atoms with Crippen molar-refractivity contribution in [1.82, 2.24) is 5.32 Å². The lowest BCUT2D eigenvalue weighted by Crippen LogP contribution is -2.39. The Bertz CT molecular complexity index is 518. The van der Waals surface area contributed by atoms with Gasteiger partial charge in [-0.2, -0.15) is 5.26 Å². The zero-order valence-electron chi connectivity index (χ0n) is 11.3. The second kappa shape index (κ2) is 6.90. The van der Waals surface area contributed by atoms with Gasteiger partial charge in [0.05, 0.1) is 23.9 Å². The van der Waals surface area contributed by atoms with E-state index in [-0.39, 0.29) is 29.7 Å². The van der Waals surface area contributed by atoms with E-state index in [0.717, 1.165) is 31.7 Å². The van der Waals surface area contributed by atoms with Gasteiger partial charge in [-0.15, -0.1) is 0 Å². The van der Waals surface area contributed by atoms with Crippen molar-refractivity contribution in [2.24, 2.45) is 0 Å². The average Bonchev–Trinajstić information content (AvgIpc) is 2.47. The molecule has 0 heterocycles. The van der Waals surface area contributed by atoms with E-state index < -0.39 is 5.82 Å². The Morgan fingerprint density at radius 3 is 2.75 bits per heavy atom. The van der Waals surface area contributed by atoms with Gasteiger partial charge in [0.25, 0.3) is 0 Å². The summed E-state index contributed by atoms with van der Waals surface area (Å²) in [4.78, 5) is 11.8. The maximum atomic E-state index is 13.6. The van der Waals surface area contributed by atoms with E-state index in [2.05, 4.69) is 10.6 Å². The van der Waals surface area contributed by atoms with E-state index in [1.54, 1.807) is 0 Å². The first kappa shape index (κ1) is 14.3. The number of nitrogens with one attached hydrogen (secondary N) is 2. The smallest absolute Gasteiger partial charge is 0.239 e. The van der Waals surface area contributed by atoms with Crippen LogP contribution in [0.2, 0.25) is 0 Å². The molecule has 0 unspecified atom stereocenters. The highest BCUT2D eigenvalue weighted by Gasteiger charge is 2.15. The lowest BCUT2D eigenvalue weighted by atomic mass is 9.95. The van der Waals surface area contributed by atoms with E-state index in [0.29, 0.717) is 0 Å². The Hall–Kier alpha value is -2.09. The van der Waals surface area contributed by atoms with Crippen LogP contribution in [0, 0.1) is 17.1 Å². The summed E-state index contributed by atoms with van der Waals surface area (Å²) in [5.74, 6) is -0.643. The van der Waals surface area contributed by atoms with Crippen LogP contribution >= 0.6 is 0 Å². The number of carbonyl (C=O) groups is 1. The van der Waals surface area contributed by atoms with Gasteiger partial charge >= 0.3 is 0 Å². The quantitative estimate of drug-likeness (QED) is 0.887. The first-order valence-electron chi connectivity index (χ1n) is 6.92. The molecule has 1 saturated carbocycles. The molecule has 0 atom stereocenters. The van der Waals surface area contributed by atoms with Crippen LogP contribution in [0.5, 0.6) is 0 Å². The number of hydrogen-bond donors (Lipinski definition) is 2. The van der Waals surface area contributed by atoms with Crippen LogP contribution in [-0.4, -0.2) is 18.5 Å². The summed E-state index contributed by atoms with van der Waals surface area (Å²) >= 11 is 0. The van der Waals surface area contributed by atoms with Crippen LogP contribution in [0.4, 0.5) is 10.1 Å². The molecule has 1 aromatic carbocycles. The highest BCUT2D eigenvalue weighted by atomic mass is 19.1. The summed E-state index contributed by atoms with van der Waals surface area (Å²) in [6.45, 7) is 0.0410. The van der Waals surface area contributed by atoms with Crippen molar-refractivity contribution in [2.75, 3.05) is 11.9 Å². The molecule has 0 radical (unpaired) electrons. The predicted octanol–water partition coefficient (Wildman–Crippen LogP) is 2.56. The predicted molar refractivity (Wildman–Crippen MR) is 74.6 cm³/mol. The molecular formula is C15H18FN3O. The molecule has 0 spiro atoms. The van der Waals surface area contributed by atoms with Crippen molar-refractivity contribution in [3.63, 3.8) is 0 Å². The molecule has 2 N–H and O–H groups in total. The zero-order chi connectivity index (χ0) is 14.4. The summed E-state index contributed by atoms with van der Waals surface area (Å²) in [5, 5.41) is 14.4. The molecule has 0 saturated heterocycles. The summed E-state index contributed by atoms with van der Waals surface area (Å²) in [7, 11) is 0. The Morgan fingerprint density at radius 2 is 2.10 bits per heavy atom. The van der Waals surface area contributed by atoms with Gasteiger partial charge in [-0.3, -0.25) is 4.79 Å². The third kappa shape index (κ3) is 3.95. The van der Waals surface area contributed by atoms with Crippen molar-refractivity contribution >= 4 is 11.6 Å². The van der Waals surface area contributed by atoms with E-state index in [1.165, 1.54) is 18.6 Å². The molecule has 0 bridgehead atoms. The summed E-state index contributed by atoms with van der Waals surface area (Å²) in [6.07, 6.45) is 5.60. The number of amides is 1. The van der Waals surface area contributed by atoms with Gasteiger partial charge in [0.1, 0.15) is 5.82 Å². The summed E-state index contributed by atoms with van der Waals surface area (Å²) in [6, 6.07) is 6.27. The molecule has 1 aliphatic rings. The number of nitrogens with zero attached hydrogens (tertiary/aromatic N) is 1. The first-order valence-corrected chi connectivity index (χ1v) is 6.92. The van der Waals surface area contributed by atoms with Crippen molar-refractivity contribution in [1.29, 1.82) is 5.26 Å². The van der Waals surface area contributed by atoms with Gasteiger partial charge in [0.2, 0.25) is 5.91 Å². The molecule has 106 valence electrons. The SMILES string of the molecule is N#Cc1ccc(NCC(=O)NC2CCCCC2)c(F)c1. The average molecular weight is 275 g/mol. The number of benzene rings is 1. The summed E-state index contributed by atoms with van der Waals surface area (Å²) in [5.41, 5.74) is 0.502. The number of carbonyl (C=O) groups excluding carboxylic acids is 1. The van der Waals surface area contributed by atoms with Crippen molar-refractivity contribution in [3.05, 3.63) is 29.6 Å². The Kier molecular flexibility index (Phi) is 4.94. The van der Waals surface area contributed by atoms with E-state index in [1.807, 2.05) is 6.07 Å². The second-order valence-corrected chi connectivity index (χ2v) is 5.06. The van der Waals surface area contributed by atoms with Crippen molar-refractivity contribution < 1.29 is 9.18 Å². The van der Waals surface area contributed by atoms with Crippen LogP contribution in [0.1, 0.15) is 37.7 Å². The van der Waals surface area contributed by atoms with Crippen LogP contribution in [0.25, 0.3) is 0 Å². The van der Waals surface area contributed by atoms with Crippen molar-refractivity contribution in [3.8, 4) is 6.07 Å². The van der Waals surface area contributed by atoms with Gasteiger partial charge in [0, 0.05) is 6.04 Å². The minimum atomic E-state index is -0.519. The lowest BCUT2D eigenvalue weighted by molar-refractivity contribution is -0.120. The number of hydrogen-bond acceptors (Lipinski definition) is 3. The third-order valence-electron chi connectivity index (χ3n) is 3.51. The Morgan fingerprint density at radius 1 is 1.35 bits per heavy atom. The molecular weight excluding hydrogens is 257 g/mol. The van der Waals surface area contributed by atoms with Gasteiger partial charge in [-0.05, 0) is 31.0 Å². The molecule has 0 aliphatic heterocycles. The van der Waals surface area contributed by atoms with E-state index in [4.69, 9.17) is 5.26 Å². The third-order valence-corrected chi connectivity index (χ3v) is 3.51. The topological polar surface area (TPSA) is 64.9 Å². The molecule has 20 heavy (non-hydrogen) atoms. The summed E-state index contributed by atoms with van der Waals surface area (Å²) < 4.78 is 13.6. The maximum absolute atomic E-state index is 13.6. The minimum absolute atomic E-state index is 0.0410. The molecule has 1 aromatic rings. The van der Waals surface area contributed by atoms with Crippen LogP contribution in [0.15, 0.2) is 18.2 Å². The van der Waals surface area contributed by atoms with Crippen LogP contribution < -0.4 is 10.6 Å². The zero-order valence-corrected chi connectivity index (χ0v) is 11.3. The molecule has 1 aliphatic carbocycles. The number of halogens is 1. The number of rotatable bonds is 4. The van der Waals surface area contributed by atoms with Gasteiger partial charge in [0.15, 0.2) is 0 Å². The molecule has 2 rings (SSSR count). The van der Waals surface area contributed by atoms with E-state index >= 15 is 0 Å². The van der Waals surface area contributed by atoms with E-state index in [9.17, 15) is 9.18 Å². The van der Waals surface area contributed by atoms with Gasteiger partial charge in [-0.1, -0.05) is 19.3 Å². The normalized spacial score (nSPS) is 15.4. The van der Waals surface area contributed by atoms with Crippen LogP contribution in [0.3, 0.4) is 0 Å². The lowest BCUT2D eigenvalue weighted by Gasteiger charge is -2.22. The Balaban J connectivity index is 1.82. The molecule has 1 amide bonds. The van der Waals surface area contributed by atoms with Crippen molar-refractivity contribution in [2.45, 2.75) is 38.1 Å². The first-order chi connectivity index (χ1) is 9.69. The maximum Gasteiger partial charge on any atom is 0.239 e. The molecule has 0 aromatic heterocycles. The standard InChI is InChI=1S/C15H18FN3O/c16-13-8-11(9-17)6-7-14(13)18-10-15(20)19-12-4-2-1-3-5-12/h6-8,12,18H,1-5,10H2,(H,19,20). The monoisotopic (exact) mass is 275 g/mol. The Labute approximate surface area is 118 Å². The molecule has 5 heteroatoms. The fourth-order valence-corrected chi connectivity index (χ4v) is 2.43. The van der Waals surface area contributed by atoms with Gasteiger partial charge in [-0.25, -0.2) is 4.39 Å². The largest absolute Gasteiger partial charge is 0.374 e. The second-order valence-electron chi connectivity index (χ2n) is 5.06.